The lowest BCUT2D eigenvalue weighted by Gasteiger charge is -2.06. The zero-order chi connectivity index (χ0) is 10.7. The minimum Gasteiger partial charge on any atom is -0.383 e. The summed E-state index contributed by atoms with van der Waals surface area (Å²) in [5, 5.41) is 0.870. The van der Waals surface area contributed by atoms with Gasteiger partial charge in [-0.1, -0.05) is 23.2 Å². The van der Waals surface area contributed by atoms with E-state index in [1.807, 2.05) is 38.2 Å². The summed E-state index contributed by atoms with van der Waals surface area (Å²) >= 11 is 11.7. The fraction of sp³-hybridized carbons (Fsp3) is 0.300. The van der Waals surface area contributed by atoms with E-state index in [1.165, 1.54) is 0 Å². The van der Waals surface area contributed by atoms with Crippen molar-refractivity contribution in [1.82, 2.24) is 9.88 Å². The van der Waals surface area contributed by atoms with Gasteiger partial charge in [-0.15, -0.1) is 0 Å². The Morgan fingerprint density at radius 2 is 2.00 bits per heavy atom. The van der Waals surface area contributed by atoms with Crippen molar-refractivity contribution in [3.05, 3.63) is 33.7 Å². The summed E-state index contributed by atoms with van der Waals surface area (Å²) in [4.78, 5) is 5.89. The summed E-state index contributed by atoms with van der Waals surface area (Å²) in [5.74, 6) is 0. The van der Waals surface area contributed by atoms with E-state index in [2.05, 4.69) is 4.98 Å². The van der Waals surface area contributed by atoms with Crippen molar-refractivity contribution in [3.8, 4) is 0 Å². The lowest BCUT2D eigenvalue weighted by atomic mass is 10.1. The predicted molar refractivity (Wildman–Crippen MR) is 61.7 cm³/mol. The molecule has 0 aromatic carbocycles. The third kappa shape index (κ3) is 2.89. The Hall–Kier alpha value is -0.730. The molecular weight excluding hydrogens is 219 g/mol. The fourth-order valence-corrected chi connectivity index (χ4v) is 1.41. The molecule has 0 amide bonds. The maximum Gasteiger partial charge on any atom is 0.134 e. The smallest absolute Gasteiger partial charge is 0.134 e. The number of rotatable bonds is 2. The number of hydrogen-bond donors (Lipinski definition) is 0. The maximum atomic E-state index is 5.89. The Morgan fingerprint density at radius 1 is 1.36 bits per heavy atom. The quantitative estimate of drug-likeness (QED) is 0.726. The number of halogens is 2. The van der Waals surface area contributed by atoms with Crippen LogP contribution in [0.3, 0.4) is 0 Å². The van der Waals surface area contributed by atoms with Gasteiger partial charge in [-0.3, -0.25) is 0 Å². The number of nitrogens with zero attached hydrogens (tertiary/aromatic N) is 2. The maximum absolute atomic E-state index is 5.89. The Kier molecular flexibility index (Phi) is 3.78. The van der Waals surface area contributed by atoms with Crippen LogP contribution in [0.5, 0.6) is 0 Å². The molecule has 0 saturated heterocycles. The molecule has 1 aromatic heterocycles. The van der Waals surface area contributed by atoms with E-state index in [0.29, 0.717) is 10.3 Å². The molecule has 0 radical (unpaired) electrons. The lowest BCUT2D eigenvalue weighted by molar-refractivity contribution is 0.567. The molecule has 0 fully saturated rings. The minimum atomic E-state index is 0.416. The summed E-state index contributed by atoms with van der Waals surface area (Å²) in [6.45, 7) is 1.92. The third-order valence-corrected chi connectivity index (χ3v) is 2.34. The normalized spacial score (nSPS) is 10.9. The monoisotopic (exact) mass is 230 g/mol. The van der Waals surface area contributed by atoms with Crippen LogP contribution in [0.2, 0.25) is 10.3 Å². The highest BCUT2D eigenvalue weighted by Gasteiger charge is 2.03. The predicted octanol–water partition coefficient (Wildman–Crippen LogP) is 3.23. The summed E-state index contributed by atoms with van der Waals surface area (Å²) in [7, 11) is 3.91. The van der Waals surface area contributed by atoms with Crippen LogP contribution in [0.4, 0.5) is 0 Å². The highest BCUT2D eigenvalue weighted by Crippen LogP contribution is 2.21. The number of hydrogen-bond acceptors (Lipinski definition) is 2. The van der Waals surface area contributed by atoms with Gasteiger partial charge in [0.05, 0.1) is 0 Å². The summed E-state index contributed by atoms with van der Waals surface area (Å²) in [6.07, 6.45) is 3.89. The van der Waals surface area contributed by atoms with E-state index in [4.69, 9.17) is 23.2 Å². The molecular formula is C10H12Cl2N2. The summed E-state index contributed by atoms with van der Waals surface area (Å²) in [5.41, 5.74) is 1.93. The Bertz CT molecular complexity index is 359. The first-order valence-electron chi connectivity index (χ1n) is 4.18. The van der Waals surface area contributed by atoms with E-state index in [1.54, 1.807) is 6.07 Å². The molecule has 0 atom stereocenters. The lowest BCUT2D eigenvalue weighted by Crippen LogP contribution is -2.00. The van der Waals surface area contributed by atoms with Crippen LogP contribution in [-0.2, 0) is 0 Å². The first kappa shape index (κ1) is 11.3. The van der Waals surface area contributed by atoms with Crippen molar-refractivity contribution in [2.45, 2.75) is 6.92 Å². The van der Waals surface area contributed by atoms with Crippen LogP contribution in [-0.4, -0.2) is 24.0 Å². The number of aromatic nitrogens is 1. The molecule has 1 rings (SSSR count). The zero-order valence-corrected chi connectivity index (χ0v) is 9.89. The van der Waals surface area contributed by atoms with Crippen molar-refractivity contribution in [3.63, 3.8) is 0 Å². The third-order valence-electron chi connectivity index (χ3n) is 1.77. The largest absolute Gasteiger partial charge is 0.383 e. The van der Waals surface area contributed by atoms with E-state index in [9.17, 15) is 0 Å². The Morgan fingerprint density at radius 3 is 2.57 bits per heavy atom. The van der Waals surface area contributed by atoms with E-state index in [0.717, 1.165) is 11.1 Å². The van der Waals surface area contributed by atoms with E-state index in [-0.39, 0.29) is 0 Å². The van der Waals surface area contributed by atoms with E-state index < -0.39 is 0 Å². The molecule has 1 heterocycles. The van der Waals surface area contributed by atoms with Gasteiger partial charge < -0.3 is 4.90 Å². The second-order valence-electron chi connectivity index (χ2n) is 3.23. The van der Waals surface area contributed by atoms with Crippen molar-refractivity contribution < 1.29 is 0 Å². The molecule has 0 aliphatic heterocycles. The molecule has 1 aromatic rings. The van der Waals surface area contributed by atoms with Crippen molar-refractivity contribution in [1.29, 1.82) is 0 Å². The fourth-order valence-electron chi connectivity index (χ4n) is 0.968. The molecule has 0 spiro atoms. The van der Waals surface area contributed by atoms with Crippen molar-refractivity contribution >= 4 is 29.3 Å². The molecule has 0 aliphatic rings. The van der Waals surface area contributed by atoms with Crippen LogP contribution < -0.4 is 0 Å². The Labute approximate surface area is 94.2 Å². The first-order valence-corrected chi connectivity index (χ1v) is 4.93. The van der Waals surface area contributed by atoms with Crippen LogP contribution in [0.25, 0.3) is 6.08 Å². The van der Waals surface area contributed by atoms with Crippen molar-refractivity contribution in [2.24, 2.45) is 0 Å². The van der Waals surface area contributed by atoms with Gasteiger partial charge in [-0.2, -0.15) is 0 Å². The van der Waals surface area contributed by atoms with E-state index >= 15 is 0 Å². The molecule has 76 valence electrons. The second-order valence-corrected chi connectivity index (χ2v) is 3.97. The molecule has 14 heavy (non-hydrogen) atoms. The highest BCUT2D eigenvalue weighted by molar-refractivity contribution is 6.33. The van der Waals surface area contributed by atoms with Gasteiger partial charge in [0.15, 0.2) is 0 Å². The van der Waals surface area contributed by atoms with Gasteiger partial charge in [-0.25, -0.2) is 4.98 Å². The Balaban J connectivity index is 3.08. The standard InChI is InChI=1S/C10H12Cl2N2/c1-7-8(4-5-14(2)3)6-9(11)13-10(7)12/h4-6H,1-3H3/b5-4+. The van der Waals surface area contributed by atoms with Crippen LogP contribution in [0.15, 0.2) is 12.3 Å². The number of pyridine rings is 1. The van der Waals surface area contributed by atoms with Crippen LogP contribution in [0, 0.1) is 6.92 Å². The molecule has 0 bridgehead atoms. The highest BCUT2D eigenvalue weighted by atomic mass is 35.5. The summed E-state index contributed by atoms with van der Waals surface area (Å²) in [6, 6.07) is 1.79. The average molecular weight is 231 g/mol. The van der Waals surface area contributed by atoms with Crippen LogP contribution >= 0.6 is 23.2 Å². The van der Waals surface area contributed by atoms with Gasteiger partial charge in [0, 0.05) is 14.1 Å². The molecule has 2 nitrogen and oxygen atoms in total. The average Bonchev–Trinajstić information content (AvgIpc) is 2.08. The van der Waals surface area contributed by atoms with Gasteiger partial charge in [0.2, 0.25) is 0 Å². The molecule has 0 unspecified atom stereocenters. The van der Waals surface area contributed by atoms with Crippen molar-refractivity contribution in [2.75, 3.05) is 14.1 Å². The SMILES string of the molecule is Cc1c(/C=C/N(C)C)cc(Cl)nc1Cl. The minimum absolute atomic E-state index is 0.416. The molecule has 0 aliphatic carbocycles. The molecule has 4 heteroatoms. The van der Waals surface area contributed by atoms with Gasteiger partial charge in [0.25, 0.3) is 0 Å². The second kappa shape index (κ2) is 4.67. The van der Waals surface area contributed by atoms with Crippen LogP contribution in [0.1, 0.15) is 11.1 Å². The first-order chi connectivity index (χ1) is 6.50. The van der Waals surface area contributed by atoms with Gasteiger partial charge in [-0.05, 0) is 36.4 Å². The molecule has 0 saturated carbocycles. The zero-order valence-electron chi connectivity index (χ0n) is 8.38. The van der Waals surface area contributed by atoms with Gasteiger partial charge >= 0.3 is 0 Å². The van der Waals surface area contributed by atoms with Gasteiger partial charge in [0.1, 0.15) is 10.3 Å². The summed E-state index contributed by atoms with van der Waals surface area (Å²) < 4.78 is 0. The topological polar surface area (TPSA) is 16.1 Å². The molecule has 0 N–H and O–H groups in total.